The van der Waals surface area contributed by atoms with E-state index in [1.165, 1.54) is 22.9 Å². The number of hydrogen-bond donors (Lipinski definition) is 0. The lowest BCUT2D eigenvalue weighted by atomic mass is 10.2. The molecule has 6 nitrogen and oxygen atoms in total. The summed E-state index contributed by atoms with van der Waals surface area (Å²) >= 11 is 1.50. The van der Waals surface area contributed by atoms with Crippen molar-refractivity contribution in [2.75, 3.05) is 6.54 Å². The number of hydrogen-bond acceptors (Lipinski definition) is 6. The molecule has 0 spiro atoms. The lowest BCUT2D eigenvalue weighted by Crippen LogP contribution is -2.36. The summed E-state index contributed by atoms with van der Waals surface area (Å²) in [5.41, 5.74) is 1.92. The van der Waals surface area contributed by atoms with Gasteiger partial charge in [-0.25, -0.2) is 4.79 Å². The van der Waals surface area contributed by atoms with Crippen LogP contribution in [0.25, 0.3) is 0 Å². The molecular weight excluding hydrogens is 350 g/mol. The van der Waals surface area contributed by atoms with Crippen LogP contribution in [-0.4, -0.2) is 33.3 Å². The van der Waals surface area contributed by atoms with Crippen LogP contribution in [0.2, 0.25) is 0 Å². The Morgan fingerprint density at radius 2 is 2.04 bits per heavy atom. The van der Waals surface area contributed by atoms with Gasteiger partial charge in [0.1, 0.15) is 11.6 Å². The highest BCUT2D eigenvalue weighted by molar-refractivity contribution is 7.98. The average Bonchev–Trinajstić information content (AvgIpc) is 3.21. The lowest BCUT2D eigenvalue weighted by molar-refractivity contribution is 0.0201. The number of benzene rings is 1. The highest BCUT2D eigenvalue weighted by atomic mass is 32.2. The molecule has 140 valence electrons. The summed E-state index contributed by atoms with van der Waals surface area (Å²) in [5, 5.41) is 8.82. The van der Waals surface area contributed by atoms with Gasteiger partial charge in [0.25, 0.3) is 5.22 Å². The van der Waals surface area contributed by atoms with Gasteiger partial charge >= 0.3 is 6.09 Å². The molecule has 0 saturated carbocycles. The first-order valence-electron chi connectivity index (χ1n) is 8.83. The second kappa shape index (κ2) is 7.70. The van der Waals surface area contributed by atoms with Crippen molar-refractivity contribution in [3.63, 3.8) is 0 Å². The number of likely N-dealkylation sites (tertiary alicyclic amines) is 1. The number of nitrogens with zero attached hydrogens (tertiary/aromatic N) is 3. The van der Waals surface area contributed by atoms with Crippen LogP contribution in [0, 0.1) is 6.92 Å². The zero-order chi connectivity index (χ0) is 18.7. The lowest BCUT2D eigenvalue weighted by Gasteiger charge is -2.27. The third-order valence-corrected chi connectivity index (χ3v) is 4.96. The van der Waals surface area contributed by atoms with Crippen molar-refractivity contribution in [3.05, 3.63) is 41.3 Å². The normalized spacial score (nSPS) is 17.5. The highest BCUT2D eigenvalue weighted by Gasteiger charge is 2.36. The maximum atomic E-state index is 12.4. The third-order valence-electron chi connectivity index (χ3n) is 4.07. The smallest absolute Gasteiger partial charge is 0.410 e. The molecule has 0 radical (unpaired) electrons. The number of aromatic nitrogens is 2. The summed E-state index contributed by atoms with van der Waals surface area (Å²) in [7, 11) is 0. The SMILES string of the molecule is Cc1ccc(CSc2nnc([C@@H]3CCCN3C(=O)OC(C)(C)C)o2)cc1. The molecule has 1 aliphatic heterocycles. The maximum Gasteiger partial charge on any atom is 0.410 e. The fourth-order valence-electron chi connectivity index (χ4n) is 2.81. The minimum absolute atomic E-state index is 0.203. The van der Waals surface area contributed by atoms with E-state index in [2.05, 4.69) is 41.4 Å². The average molecular weight is 375 g/mol. The molecule has 0 N–H and O–H groups in total. The van der Waals surface area contributed by atoms with Crippen molar-refractivity contribution in [1.29, 1.82) is 0 Å². The van der Waals surface area contributed by atoms with Gasteiger partial charge in [-0.15, -0.1) is 10.2 Å². The van der Waals surface area contributed by atoms with Crippen LogP contribution in [-0.2, 0) is 10.5 Å². The van der Waals surface area contributed by atoms with Crippen LogP contribution in [0.5, 0.6) is 0 Å². The summed E-state index contributed by atoms with van der Waals surface area (Å²) in [6.45, 7) is 8.31. The van der Waals surface area contributed by atoms with E-state index < -0.39 is 5.60 Å². The first-order chi connectivity index (χ1) is 12.3. The Kier molecular flexibility index (Phi) is 5.55. The van der Waals surface area contributed by atoms with Crippen molar-refractivity contribution in [2.45, 2.75) is 63.2 Å². The maximum absolute atomic E-state index is 12.4. The summed E-state index contributed by atoms with van der Waals surface area (Å²) in [4.78, 5) is 14.1. The van der Waals surface area contributed by atoms with Gasteiger partial charge in [0.05, 0.1) is 0 Å². The predicted octanol–water partition coefficient (Wildman–Crippen LogP) is 4.74. The van der Waals surface area contributed by atoms with Crippen LogP contribution in [0.15, 0.2) is 33.9 Å². The van der Waals surface area contributed by atoms with Crippen molar-refractivity contribution in [2.24, 2.45) is 0 Å². The van der Waals surface area contributed by atoms with E-state index in [1.54, 1.807) is 4.90 Å². The Balaban J connectivity index is 1.62. The quantitative estimate of drug-likeness (QED) is 0.719. The minimum atomic E-state index is -0.520. The summed E-state index contributed by atoms with van der Waals surface area (Å²) in [6.07, 6.45) is 1.38. The van der Waals surface area contributed by atoms with Crippen LogP contribution >= 0.6 is 11.8 Å². The number of amides is 1. The van der Waals surface area contributed by atoms with Crippen LogP contribution < -0.4 is 0 Å². The topological polar surface area (TPSA) is 68.5 Å². The molecule has 1 aromatic heterocycles. The fraction of sp³-hybridized carbons (Fsp3) is 0.526. The molecule has 1 aromatic carbocycles. The second-order valence-electron chi connectivity index (χ2n) is 7.51. The van der Waals surface area contributed by atoms with E-state index in [9.17, 15) is 4.79 Å². The number of aryl methyl sites for hydroxylation is 1. The fourth-order valence-corrected chi connectivity index (χ4v) is 3.53. The van der Waals surface area contributed by atoms with Gasteiger partial charge in [0.15, 0.2) is 0 Å². The number of ether oxygens (including phenoxy) is 1. The molecule has 1 atom stereocenters. The number of rotatable bonds is 4. The van der Waals surface area contributed by atoms with Gasteiger partial charge in [-0.1, -0.05) is 41.6 Å². The van der Waals surface area contributed by atoms with Gasteiger partial charge in [-0.05, 0) is 46.1 Å². The van der Waals surface area contributed by atoms with Crippen molar-refractivity contribution < 1.29 is 13.9 Å². The summed E-state index contributed by atoms with van der Waals surface area (Å²) < 4.78 is 11.3. The molecule has 0 aliphatic carbocycles. The van der Waals surface area contributed by atoms with Gasteiger partial charge in [0.2, 0.25) is 5.89 Å². The van der Waals surface area contributed by atoms with E-state index in [1.807, 2.05) is 20.8 Å². The Hall–Kier alpha value is -2.02. The predicted molar refractivity (Wildman–Crippen MR) is 100.0 cm³/mol. The molecule has 1 amide bonds. The standard InChI is InChI=1S/C19H25N3O3S/c1-13-7-9-14(10-8-13)12-26-17-21-20-16(24-17)15-6-5-11-22(15)18(23)25-19(2,3)4/h7-10,15H,5-6,11-12H2,1-4H3/t15-/m0/s1. The van der Waals surface area contributed by atoms with Gasteiger partial charge < -0.3 is 9.15 Å². The first-order valence-corrected chi connectivity index (χ1v) is 9.82. The Labute approximate surface area is 158 Å². The Bertz CT molecular complexity index is 752. The monoisotopic (exact) mass is 375 g/mol. The first kappa shape index (κ1) is 18.8. The van der Waals surface area contributed by atoms with Crippen LogP contribution in [0.4, 0.5) is 4.79 Å². The highest BCUT2D eigenvalue weighted by Crippen LogP contribution is 2.34. The zero-order valence-electron chi connectivity index (χ0n) is 15.7. The third kappa shape index (κ3) is 4.78. The van der Waals surface area contributed by atoms with Gasteiger partial charge in [-0.3, -0.25) is 4.90 Å². The van der Waals surface area contributed by atoms with Gasteiger partial charge in [0, 0.05) is 12.3 Å². The van der Waals surface area contributed by atoms with Crippen molar-refractivity contribution in [3.8, 4) is 0 Å². The zero-order valence-corrected chi connectivity index (χ0v) is 16.5. The summed E-state index contributed by atoms with van der Waals surface area (Å²) in [6, 6.07) is 8.17. The molecule has 3 rings (SSSR count). The van der Waals surface area contributed by atoms with Gasteiger partial charge in [-0.2, -0.15) is 0 Å². The van der Waals surface area contributed by atoms with E-state index >= 15 is 0 Å². The van der Waals surface area contributed by atoms with Crippen molar-refractivity contribution in [1.82, 2.24) is 15.1 Å². The second-order valence-corrected chi connectivity index (χ2v) is 8.44. The van der Waals surface area contributed by atoms with E-state index in [0.29, 0.717) is 17.7 Å². The van der Waals surface area contributed by atoms with Crippen LogP contribution in [0.3, 0.4) is 0 Å². The number of carbonyl (C=O) groups excluding carboxylic acids is 1. The molecule has 1 aliphatic rings. The summed E-state index contributed by atoms with van der Waals surface area (Å²) in [5.74, 6) is 1.25. The van der Waals surface area contributed by atoms with E-state index in [4.69, 9.17) is 9.15 Å². The molecule has 0 unspecified atom stereocenters. The largest absolute Gasteiger partial charge is 0.444 e. The number of thioether (sulfide) groups is 1. The van der Waals surface area contributed by atoms with Crippen LogP contribution in [0.1, 0.15) is 56.7 Å². The number of carbonyl (C=O) groups is 1. The van der Waals surface area contributed by atoms with E-state index in [0.717, 1.165) is 18.6 Å². The Morgan fingerprint density at radius 1 is 1.31 bits per heavy atom. The molecule has 0 bridgehead atoms. The molecule has 2 heterocycles. The van der Waals surface area contributed by atoms with Crippen molar-refractivity contribution >= 4 is 17.9 Å². The minimum Gasteiger partial charge on any atom is -0.444 e. The Morgan fingerprint density at radius 3 is 2.73 bits per heavy atom. The molecule has 7 heteroatoms. The molecular formula is C19H25N3O3S. The molecule has 1 saturated heterocycles. The molecule has 2 aromatic rings. The molecule has 1 fully saturated rings. The van der Waals surface area contributed by atoms with E-state index in [-0.39, 0.29) is 12.1 Å². The molecule has 26 heavy (non-hydrogen) atoms.